The molecular weight excluding hydrogens is 148 g/mol. The van der Waals surface area contributed by atoms with Gasteiger partial charge in [0, 0.05) is 6.54 Å². The molecule has 0 amide bonds. The van der Waals surface area contributed by atoms with Crippen molar-refractivity contribution in [3.8, 4) is 0 Å². The minimum absolute atomic E-state index is 0.941. The second-order valence-corrected chi connectivity index (χ2v) is 2.46. The Morgan fingerprint density at radius 3 is 2.75 bits per heavy atom. The molecule has 0 fully saturated rings. The van der Waals surface area contributed by atoms with E-state index < -0.39 is 0 Å². The number of nitrogens with one attached hydrogen (secondary N) is 2. The molecule has 0 saturated heterocycles. The van der Waals surface area contributed by atoms with Gasteiger partial charge in [0.1, 0.15) is 0 Å². The summed E-state index contributed by atoms with van der Waals surface area (Å²) >= 11 is 0. The number of hydrogen-bond donors (Lipinski definition) is 2. The van der Waals surface area contributed by atoms with Crippen LogP contribution in [0.1, 0.15) is 20.3 Å². The zero-order valence-electron chi connectivity index (χ0n) is 7.72. The summed E-state index contributed by atoms with van der Waals surface area (Å²) in [6.45, 7) is 4.94. The van der Waals surface area contributed by atoms with E-state index in [4.69, 9.17) is 0 Å². The Balaban J connectivity index is 0.000000336. The van der Waals surface area contributed by atoms with E-state index in [0.717, 1.165) is 13.0 Å². The molecule has 0 atom stereocenters. The van der Waals surface area contributed by atoms with E-state index in [2.05, 4.69) is 35.2 Å². The molecular formula is C10H16N2. The molecule has 0 unspecified atom stereocenters. The first-order chi connectivity index (χ1) is 5.97. The molecule has 1 heterocycles. The highest BCUT2D eigenvalue weighted by atomic mass is 15.4. The van der Waals surface area contributed by atoms with Gasteiger partial charge in [0.15, 0.2) is 0 Å². The van der Waals surface area contributed by atoms with Crippen LogP contribution in [0.5, 0.6) is 0 Å². The van der Waals surface area contributed by atoms with E-state index in [1.165, 1.54) is 11.3 Å². The first kappa shape index (κ1) is 9.07. The number of hydrazine groups is 1. The van der Waals surface area contributed by atoms with Gasteiger partial charge in [-0.15, -0.1) is 0 Å². The third-order valence-corrected chi connectivity index (χ3v) is 1.72. The molecule has 1 aliphatic carbocycles. The summed E-state index contributed by atoms with van der Waals surface area (Å²) in [5.41, 5.74) is 8.73. The summed E-state index contributed by atoms with van der Waals surface area (Å²) in [6.07, 6.45) is 9.67. The van der Waals surface area contributed by atoms with Crippen molar-refractivity contribution >= 4 is 0 Å². The maximum Gasteiger partial charge on any atom is 0.0530 e. The Labute approximate surface area is 74.0 Å². The van der Waals surface area contributed by atoms with Gasteiger partial charge >= 0.3 is 0 Å². The Morgan fingerprint density at radius 1 is 1.17 bits per heavy atom. The van der Waals surface area contributed by atoms with E-state index >= 15 is 0 Å². The lowest BCUT2D eigenvalue weighted by atomic mass is 10.2. The second kappa shape index (κ2) is 4.78. The van der Waals surface area contributed by atoms with Crippen molar-refractivity contribution in [3.63, 3.8) is 0 Å². The second-order valence-electron chi connectivity index (χ2n) is 2.46. The predicted octanol–water partition coefficient (Wildman–Crippen LogP) is 1.89. The van der Waals surface area contributed by atoms with Gasteiger partial charge < -0.3 is 5.43 Å². The van der Waals surface area contributed by atoms with Crippen LogP contribution >= 0.6 is 0 Å². The highest BCUT2D eigenvalue weighted by molar-refractivity contribution is 5.37. The van der Waals surface area contributed by atoms with Crippen LogP contribution in [0.2, 0.25) is 0 Å². The molecule has 2 N–H and O–H groups in total. The lowest BCUT2D eigenvalue weighted by Crippen LogP contribution is -2.23. The summed E-state index contributed by atoms with van der Waals surface area (Å²) in [5.74, 6) is 0. The van der Waals surface area contributed by atoms with Crippen molar-refractivity contribution < 1.29 is 0 Å². The molecule has 0 aromatic rings. The fraction of sp³-hybridized carbons (Fsp3) is 0.400. The van der Waals surface area contributed by atoms with Gasteiger partial charge in [-0.1, -0.05) is 32.1 Å². The molecule has 0 aromatic carbocycles. The van der Waals surface area contributed by atoms with Crippen LogP contribution in [0.3, 0.4) is 0 Å². The third-order valence-electron chi connectivity index (χ3n) is 1.72. The molecule has 0 radical (unpaired) electrons. The number of allylic oxidation sites excluding steroid dienone is 3. The molecule has 0 saturated carbocycles. The Hall–Kier alpha value is -1.02. The highest BCUT2D eigenvalue weighted by Gasteiger charge is 2.08. The summed E-state index contributed by atoms with van der Waals surface area (Å²) in [7, 11) is 0. The fourth-order valence-electron chi connectivity index (χ4n) is 1.18. The standard InChI is InChI=1S/C8H10N2.C2H6/c1-2-4-7-6-9-10-8(7)5-3-1;1-2/h2-5,9-10H,1,6H2;1-2H3. The zero-order chi connectivity index (χ0) is 8.81. The minimum atomic E-state index is 0.941. The van der Waals surface area contributed by atoms with Gasteiger partial charge in [-0.3, -0.25) is 0 Å². The van der Waals surface area contributed by atoms with Gasteiger partial charge in [0.25, 0.3) is 0 Å². The van der Waals surface area contributed by atoms with Crippen LogP contribution in [-0.2, 0) is 0 Å². The summed E-state index contributed by atoms with van der Waals surface area (Å²) < 4.78 is 0. The molecule has 2 heteroatoms. The minimum Gasteiger partial charge on any atom is -0.321 e. The van der Waals surface area contributed by atoms with Crippen LogP contribution in [0.15, 0.2) is 35.6 Å². The van der Waals surface area contributed by atoms with E-state index in [1.807, 2.05) is 13.8 Å². The lowest BCUT2D eigenvalue weighted by Gasteiger charge is -1.94. The molecule has 2 nitrogen and oxygen atoms in total. The SMILES string of the molecule is C1=CC2=C(C=CC1)NNC2.CC. The third kappa shape index (κ3) is 1.98. The number of rotatable bonds is 0. The maximum absolute atomic E-state index is 3.09. The van der Waals surface area contributed by atoms with Crippen LogP contribution in [0.25, 0.3) is 0 Å². The molecule has 2 aliphatic rings. The first-order valence-electron chi connectivity index (χ1n) is 4.52. The topological polar surface area (TPSA) is 24.1 Å². The highest BCUT2D eigenvalue weighted by Crippen LogP contribution is 2.12. The van der Waals surface area contributed by atoms with Crippen molar-refractivity contribution in [1.82, 2.24) is 10.9 Å². The van der Waals surface area contributed by atoms with Crippen LogP contribution in [-0.4, -0.2) is 6.54 Å². The average Bonchev–Trinajstić information content (AvgIpc) is 2.46. The first-order valence-corrected chi connectivity index (χ1v) is 4.52. The number of hydrogen-bond acceptors (Lipinski definition) is 2. The Morgan fingerprint density at radius 2 is 1.92 bits per heavy atom. The molecule has 1 aliphatic heterocycles. The smallest absolute Gasteiger partial charge is 0.0530 e. The largest absolute Gasteiger partial charge is 0.321 e. The van der Waals surface area contributed by atoms with E-state index in [1.54, 1.807) is 0 Å². The van der Waals surface area contributed by atoms with Crippen LogP contribution < -0.4 is 10.9 Å². The van der Waals surface area contributed by atoms with E-state index in [-0.39, 0.29) is 0 Å². The van der Waals surface area contributed by atoms with Crippen LogP contribution in [0, 0.1) is 0 Å². The summed E-state index contributed by atoms with van der Waals surface area (Å²) in [6, 6.07) is 0. The van der Waals surface area contributed by atoms with Crippen molar-refractivity contribution in [2.45, 2.75) is 20.3 Å². The van der Waals surface area contributed by atoms with Gasteiger partial charge in [-0.05, 0) is 18.1 Å². The van der Waals surface area contributed by atoms with Gasteiger partial charge in [-0.25, -0.2) is 5.43 Å². The Bertz CT molecular complexity index is 202. The molecule has 0 bridgehead atoms. The monoisotopic (exact) mass is 164 g/mol. The summed E-state index contributed by atoms with van der Waals surface area (Å²) in [4.78, 5) is 0. The Kier molecular flexibility index (Phi) is 3.61. The van der Waals surface area contributed by atoms with Crippen molar-refractivity contribution in [2.24, 2.45) is 0 Å². The van der Waals surface area contributed by atoms with Crippen molar-refractivity contribution in [2.75, 3.05) is 6.54 Å². The fourth-order valence-corrected chi connectivity index (χ4v) is 1.18. The van der Waals surface area contributed by atoms with Crippen molar-refractivity contribution in [1.29, 1.82) is 0 Å². The predicted molar refractivity (Wildman–Crippen MR) is 52.4 cm³/mol. The quantitative estimate of drug-likeness (QED) is 0.571. The maximum atomic E-state index is 3.09. The average molecular weight is 164 g/mol. The molecule has 12 heavy (non-hydrogen) atoms. The zero-order valence-corrected chi connectivity index (χ0v) is 7.72. The summed E-state index contributed by atoms with van der Waals surface area (Å²) in [5, 5.41) is 0. The van der Waals surface area contributed by atoms with E-state index in [9.17, 15) is 0 Å². The van der Waals surface area contributed by atoms with Crippen LogP contribution in [0.4, 0.5) is 0 Å². The molecule has 0 aromatic heterocycles. The lowest BCUT2D eigenvalue weighted by molar-refractivity contribution is 0.707. The van der Waals surface area contributed by atoms with Gasteiger partial charge in [0.05, 0.1) is 5.70 Å². The van der Waals surface area contributed by atoms with Crippen molar-refractivity contribution in [3.05, 3.63) is 35.6 Å². The molecule has 0 spiro atoms. The molecule has 66 valence electrons. The van der Waals surface area contributed by atoms with Gasteiger partial charge in [-0.2, -0.15) is 0 Å². The van der Waals surface area contributed by atoms with E-state index in [0.29, 0.717) is 0 Å². The normalized spacial score (nSPS) is 19.2. The molecule has 2 rings (SSSR count). The van der Waals surface area contributed by atoms with Gasteiger partial charge in [0.2, 0.25) is 0 Å².